The van der Waals surface area contributed by atoms with Gasteiger partial charge in [-0.05, 0) is 76.2 Å². The quantitative estimate of drug-likeness (QED) is 0.876. The molecule has 1 aliphatic heterocycles. The predicted octanol–water partition coefficient (Wildman–Crippen LogP) is 3.37. The summed E-state index contributed by atoms with van der Waals surface area (Å²) in [5.41, 5.74) is 5.86. The molecule has 1 aromatic heterocycles. The number of amides is 1. The average molecular weight is 367 g/mol. The normalized spacial score (nSPS) is 21.5. The highest BCUT2D eigenvalue weighted by Crippen LogP contribution is 2.34. The van der Waals surface area contributed by atoms with Crippen LogP contribution in [0, 0.1) is 19.3 Å². The van der Waals surface area contributed by atoms with Crippen LogP contribution in [0.15, 0.2) is 24.4 Å². The summed E-state index contributed by atoms with van der Waals surface area (Å²) in [6, 6.07) is 6.43. The Bertz CT molecular complexity index is 848. The van der Waals surface area contributed by atoms with E-state index in [1.54, 1.807) is 0 Å². The zero-order valence-corrected chi connectivity index (χ0v) is 16.6. The van der Waals surface area contributed by atoms with Gasteiger partial charge in [-0.25, -0.2) is 4.68 Å². The first-order valence-electron chi connectivity index (χ1n) is 10.1. The van der Waals surface area contributed by atoms with Crippen molar-refractivity contribution in [3.05, 3.63) is 46.8 Å². The molecule has 1 aromatic carbocycles. The van der Waals surface area contributed by atoms with Gasteiger partial charge in [0.15, 0.2) is 0 Å². The van der Waals surface area contributed by atoms with Crippen LogP contribution in [0.1, 0.15) is 61.0 Å². The van der Waals surface area contributed by atoms with E-state index in [0.29, 0.717) is 0 Å². The highest BCUT2D eigenvalue weighted by Gasteiger charge is 2.37. The standard InChI is InChI=1S/C22H30N4O/c1-15-6-4-8-19(16(15)2)26-20-9-5-7-18(17(20)14-24-26)25-21(27)22(3)10-12-23-13-11-22/h4,6,8,14,18,23H,5,7,9-13H2,1-3H3,(H,25,27)/t18-/m0/s1. The second kappa shape index (κ2) is 7.12. The van der Waals surface area contributed by atoms with E-state index in [1.165, 1.54) is 22.4 Å². The smallest absolute Gasteiger partial charge is 0.226 e. The molecule has 0 unspecified atom stereocenters. The number of carbonyl (C=O) groups is 1. The minimum atomic E-state index is -0.258. The number of piperidine rings is 1. The summed E-state index contributed by atoms with van der Waals surface area (Å²) < 4.78 is 2.09. The number of hydrogen-bond donors (Lipinski definition) is 2. The van der Waals surface area contributed by atoms with Crippen LogP contribution in [-0.2, 0) is 11.2 Å². The van der Waals surface area contributed by atoms with E-state index in [4.69, 9.17) is 5.10 Å². The summed E-state index contributed by atoms with van der Waals surface area (Å²) in [4.78, 5) is 13.0. The van der Waals surface area contributed by atoms with Gasteiger partial charge in [-0.1, -0.05) is 19.1 Å². The maximum Gasteiger partial charge on any atom is 0.226 e. The van der Waals surface area contributed by atoms with Crippen LogP contribution in [0.5, 0.6) is 0 Å². The molecule has 0 bridgehead atoms. The summed E-state index contributed by atoms with van der Waals surface area (Å²) in [5.74, 6) is 0.196. The molecule has 2 aliphatic rings. The number of rotatable bonds is 3. The third-order valence-corrected chi connectivity index (χ3v) is 6.55. The molecular weight excluding hydrogens is 336 g/mol. The van der Waals surface area contributed by atoms with E-state index in [1.807, 2.05) is 6.20 Å². The molecule has 1 atom stereocenters. The molecule has 0 radical (unpaired) electrons. The second-order valence-electron chi connectivity index (χ2n) is 8.41. The molecular formula is C22H30N4O. The lowest BCUT2D eigenvalue weighted by molar-refractivity contribution is -0.132. The number of carbonyl (C=O) groups excluding carboxylic acids is 1. The third kappa shape index (κ3) is 3.29. The zero-order chi connectivity index (χ0) is 19.0. The Labute approximate surface area is 161 Å². The summed E-state index contributed by atoms with van der Waals surface area (Å²) in [6.45, 7) is 8.23. The highest BCUT2D eigenvalue weighted by molar-refractivity contribution is 5.82. The van der Waals surface area contributed by atoms with Gasteiger partial charge in [-0.3, -0.25) is 4.79 Å². The lowest BCUT2D eigenvalue weighted by Crippen LogP contribution is -2.47. The van der Waals surface area contributed by atoms with Gasteiger partial charge in [-0.2, -0.15) is 5.10 Å². The van der Waals surface area contributed by atoms with Gasteiger partial charge in [0.1, 0.15) is 0 Å². The Kier molecular flexibility index (Phi) is 4.81. The molecule has 27 heavy (non-hydrogen) atoms. The van der Waals surface area contributed by atoms with Crippen molar-refractivity contribution >= 4 is 5.91 Å². The number of fused-ring (bicyclic) bond motifs is 1. The van der Waals surface area contributed by atoms with Gasteiger partial charge in [0.2, 0.25) is 5.91 Å². The molecule has 1 aliphatic carbocycles. The number of benzene rings is 1. The van der Waals surface area contributed by atoms with Crippen molar-refractivity contribution in [2.45, 2.75) is 58.9 Å². The van der Waals surface area contributed by atoms with Crippen molar-refractivity contribution < 1.29 is 4.79 Å². The summed E-state index contributed by atoms with van der Waals surface area (Å²) in [7, 11) is 0. The lowest BCUT2D eigenvalue weighted by atomic mass is 9.79. The van der Waals surface area contributed by atoms with Crippen molar-refractivity contribution in [2.75, 3.05) is 13.1 Å². The zero-order valence-electron chi connectivity index (χ0n) is 16.6. The molecule has 1 saturated heterocycles. The number of nitrogens with zero attached hydrogens (tertiary/aromatic N) is 2. The molecule has 2 heterocycles. The van der Waals surface area contributed by atoms with Gasteiger partial charge in [0.25, 0.3) is 0 Å². The number of hydrogen-bond acceptors (Lipinski definition) is 3. The molecule has 5 heteroatoms. The highest BCUT2D eigenvalue weighted by atomic mass is 16.2. The van der Waals surface area contributed by atoms with Crippen LogP contribution >= 0.6 is 0 Å². The maximum absolute atomic E-state index is 13.0. The maximum atomic E-state index is 13.0. The van der Waals surface area contributed by atoms with Gasteiger partial charge in [-0.15, -0.1) is 0 Å². The Hall–Kier alpha value is -2.14. The first kappa shape index (κ1) is 18.2. The Balaban J connectivity index is 1.60. The van der Waals surface area contributed by atoms with Gasteiger partial charge in [0, 0.05) is 16.7 Å². The van der Waals surface area contributed by atoms with E-state index < -0.39 is 0 Å². The molecule has 0 spiro atoms. The van der Waals surface area contributed by atoms with Crippen LogP contribution in [-0.4, -0.2) is 28.8 Å². The second-order valence-corrected chi connectivity index (χ2v) is 8.41. The topological polar surface area (TPSA) is 59.0 Å². The molecule has 2 aromatic rings. The number of aryl methyl sites for hydroxylation is 1. The lowest BCUT2D eigenvalue weighted by Gasteiger charge is -2.35. The fraction of sp³-hybridized carbons (Fsp3) is 0.545. The largest absolute Gasteiger partial charge is 0.349 e. The van der Waals surface area contributed by atoms with Gasteiger partial charge >= 0.3 is 0 Å². The molecule has 5 nitrogen and oxygen atoms in total. The Morgan fingerprint density at radius 3 is 2.85 bits per heavy atom. The van der Waals surface area contributed by atoms with E-state index >= 15 is 0 Å². The van der Waals surface area contributed by atoms with E-state index in [2.05, 4.69) is 54.3 Å². The van der Waals surface area contributed by atoms with E-state index in [9.17, 15) is 4.79 Å². The van der Waals surface area contributed by atoms with Gasteiger partial charge < -0.3 is 10.6 Å². The predicted molar refractivity (Wildman–Crippen MR) is 107 cm³/mol. The molecule has 1 amide bonds. The molecule has 144 valence electrons. The first-order valence-corrected chi connectivity index (χ1v) is 10.1. The monoisotopic (exact) mass is 366 g/mol. The summed E-state index contributed by atoms with van der Waals surface area (Å²) in [6.07, 6.45) is 6.85. The van der Waals surface area contributed by atoms with E-state index in [-0.39, 0.29) is 17.4 Å². The van der Waals surface area contributed by atoms with Crippen molar-refractivity contribution in [2.24, 2.45) is 5.41 Å². The van der Waals surface area contributed by atoms with Crippen LogP contribution in [0.4, 0.5) is 0 Å². The van der Waals surface area contributed by atoms with E-state index in [0.717, 1.165) is 50.9 Å². The average Bonchev–Trinajstić information content (AvgIpc) is 3.09. The van der Waals surface area contributed by atoms with Crippen molar-refractivity contribution in [3.63, 3.8) is 0 Å². The van der Waals surface area contributed by atoms with Crippen LogP contribution in [0.25, 0.3) is 5.69 Å². The third-order valence-electron chi connectivity index (χ3n) is 6.55. The SMILES string of the molecule is Cc1cccc(-n2ncc3c2CCC[C@@H]3NC(=O)C2(C)CCNCC2)c1C. The van der Waals surface area contributed by atoms with Gasteiger partial charge in [0.05, 0.1) is 17.9 Å². The summed E-state index contributed by atoms with van der Waals surface area (Å²) >= 11 is 0. The Morgan fingerprint density at radius 2 is 2.07 bits per heavy atom. The van der Waals surface area contributed by atoms with Crippen LogP contribution in [0.3, 0.4) is 0 Å². The van der Waals surface area contributed by atoms with Crippen molar-refractivity contribution in [1.29, 1.82) is 0 Å². The van der Waals surface area contributed by atoms with Crippen LogP contribution < -0.4 is 10.6 Å². The summed E-state index contributed by atoms with van der Waals surface area (Å²) in [5, 5.41) is 11.4. The molecule has 0 saturated carbocycles. The molecule has 2 N–H and O–H groups in total. The minimum Gasteiger partial charge on any atom is -0.349 e. The fourth-order valence-corrected chi connectivity index (χ4v) is 4.42. The van der Waals surface area contributed by atoms with Crippen molar-refractivity contribution in [3.8, 4) is 5.69 Å². The first-order chi connectivity index (χ1) is 13.0. The van der Waals surface area contributed by atoms with Crippen LogP contribution in [0.2, 0.25) is 0 Å². The molecule has 1 fully saturated rings. The molecule has 4 rings (SSSR count). The fourth-order valence-electron chi connectivity index (χ4n) is 4.42. The number of nitrogens with one attached hydrogen (secondary N) is 2. The Morgan fingerprint density at radius 1 is 1.30 bits per heavy atom. The number of aromatic nitrogens is 2. The minimum absolute atomic E-state index is 0.0758. The van der Waals surface area contributed by atoms with Crippen molar-refractivity contribution in [1.82, 2.24) is 20.4 Å².